The van der Waals surface area contributed by atoms with Crippen molar-refractivity contribution in [2.24, 2.45) is 5.92 Å². The molecule has 1 aliphatic rings. The minimum absolute atomic E-state index is 0.0585. The van der Waals surface area contributed by atoms with Gasteiger partial charge in [-0.05, 0) is 25.0 Å². The van der Waals surface area contributed by atoms with E-state index in [1.807, 2.05) is 18.2 Å². The highest BCUT2D eigenvalue weighted by Crippen LogP contribution is 2.27. The quantitative estimate of drug-likeness (QED) is 0.694. The summed E-state index contributed by atoms with van der Waals surface area (Å²) in [5, 5.41) is 0. The molecule has 7 nitrogen and oxygen atoms in total. The van der Waals surface area contributed by atoms with Crippen molar-refractivity contribution in [3.8, 4) is 0 Å². The molecule has 2 heterocycles. The normalized spacial score (nSPS) is 16.6. The van der Waals surface area contributed by atoms with Gasteiger partial charge in [0.05, 0.1) is 10.4 Å². The SMILES string of the molecule is O=C(c1ccccc1)C1CCN(S(=O)(=O)c2ccc3[nH]c(=O)oc3c2)CC1. The van der Waals surface area contributed by atoms with Gasteiger partial charge in [-0.2, -0.15) is 4.31 Å². The van der Waals surface area contributed by atoms with Gasteiger partial charge in [0.15, 0.2) is 11.4 Å². The molecular weight excluding hydrogens is 368 g/mol. The van der Waals surface area contributed by atoms with Gasteiger partial charge in [0, 0.05) is 30.6 Å². The number of oxazole rings is 1. The molecule has 0 bridgehead atoms. The largest absolute Gasteiger partial charge is 0.417 e. The van der Waals surface area contributed by atoms with Crippen molar-refractivity contribution in [3.63, 3.8) is 0 Å². The van der Waals surface area contributed by atoms with Crippen LogP contribution in [0.15, 0.2) is 62.6 Å². The van der Waals surface area contributed by atoms with Crippen LogP contribution in [-0.2, 0) is 10.0 Å². The van der Waals surface area contributed by atoms with E-state index in [1.54, 1.807) is 12.1 Å². The van der Waals surface area contributed by atoms with Gasteiger partial charge >= 0.3 is 5.76 Å². The number of Topliss-reactive ketones (excluding diaryl/α,β-unsaturated/α-hetero) is 1. The van der Waals surface area contributed by atoms with Crippen LogP contribution in [0.1, 0.15) is 23.2 Å². The minimum Gasteiger partial charge on any atom is -0.408 e. The van der Waals surface area contributed by atoms with Gasteiger partial charge in [0.25, 0.3) is 0 Å². The molecule has 3 aromatic rings. The zero-order chi connectivity index (χ0) is 19.0. The molecular formula is C19H18N2O5S. The lowest BCUT2D eigenvalue weighted by Gasteiger charge is -2.30. The van der Waals surface area contributed by atoms with Gasteiger partial charge < -0.3 is 4.42 Å². The van der Waals surface area contributed by atoms with Crippen LogP contribution >= 0.6 is 0 Å². The number of piperidine rings is 1. The summed E-state index contributed by atoms with van der Waals surface area (Å²) in [6, 6.07) is 13.4. The van der Waals surface area contributed by atoms with Crippen LogP contribution < -0.4 is 5.76 Å². The number of carbonyl (C=O) groups excluding carboxylic acids is 1. The van der Waals surface area contributed by atoms with E-state index in [0.29, 0.717) is 23.9 Å². The third-order valence-corrected chi connectivity index (χ3v) is 6.81. The summed E-state index contributed by atoms with van der Waals surface area (Å²) >= 11 is 0. The summed E-state index contributed by atoms with van der Waals surface area (Å²) in [7, 11) is -3.71. The number of hydrogen-bond donors (Lipinski definition) is 1. The first-order valence-corrected chi connectivity index (χ1v) is 10.1. The topological polar surface area (TPSA) is 100 Å². The molecule has 0 spiro atoms. The first-order chi connectivity index (χ1) is 12.9. The maximum Gasteiger partial charge on any atom is 0.417 e. The zero-order valence-electron chi connectivity index (χ0n) is 14.4. The summed E-state index contributed by atoms with van der Waals surface area (Å²) < 4.78 is 32.1. The van der Waals surface area contributed by atoms with Gasteiger partial charge in [-0.25, -0.2) is 13.2 Å². The second-order valence-electron chi connectivity index (χ2n) is 6.58. The van der Waals surface area contributed by atoms with Gasteiger partial charge in [-0.3, -0.25) is 9.78 Å². The van der Waals surface area contributed by atoms with Crippen LogP contribution in [0.2, 0.25) is 0 Å². The van der Waals surface area contributed by atoms with Gasteiger partial charge in [0.2, 0.25) is 10.0 Å². The first kappa shape index (κ1) is 17.7. The molecule has 0 unspecified atom stereocenters. The van der Waals surface area contributed by atoms with Crippen LogP contribution in [-0.4, -0.2) is 36.6 Å². The van der Waals surface area contributed by atoms with E-state index < -0.39 is 15.8 Å². The molecule has 2 aromatic carbocycles. The maximum absolute atomic E-state index is 12.9. The number of nitrogens with one attached hydrogen (secondary N) is 1. The number of hydrogen-bond acceptors (Lipinski definition) is 5. The van der Waals surface area contributed by atoms with Crippen molar-refractivity contribution in [3.05, 3.63) is 64.6 Å². The molecule has 1 aromatic heterocycles. The second kappa shape index (κ2) is 6.79. The number of aromatic nitrogens is 1. The number of sulfonamides is 1. The fourth-order valence-electron chi connectivity index (χ4n) is 3.43. The van der Waals surface area contributed by atoms with Crippen LogP contribution in [0.5, 0.6) is 0 Å². The average Bonchev–Trinajstić information content (AvgIpc) is 3.07. The lowest BCUT2D eigenvalue weighted by atomic mass is 9.90. The van der Waals surface area contributed by atoms with E-state index in [2.05, 4.69) is 4.98 Å². The molecule has 0 aliphatic carbocycles. The Morgan fingerprint density at radius 2 is 1.78 bits per heavy atom. The molecule has 0 amide bonds. The number of H-pyrrole nitrogens is 1. The molecule has 1 fully saturated rings. The molecule has 140 valence electrons. The second-order valence-corrected chi connectivity index (χ2v) is 8.52. The van der Waals surface area contributed by atoms with Gasteiger partial charge in [-0.15, -0.1) is 0 Å². The molecule has 0 atom stereocenters. The summed E-state index contributed by atoms with van der Waals surface area (Å²) in [4.78, 5) is 26.4. The van der Waals surface area contributed by atoms with Crippen molar-refractivity contribution >= 4 is 26.9 Å². The number of carbonyl (C=O) groups is 1. The Balaban J connectivity index is 1.51. The van der Waals surface area contributed by atoms with Crippen molar-refractivity contribution in [1.82, 2.24) is 9.29 Å². The number of nitrogens with zero attached hydrogens (tertiary/aromatic N) is 1. The Bertz CT molecular complexity index is 1140. The Kier molecular flexibility index (Phi) is 4.45. The summed E-state index contributed by atoms with van der Waals surface area (Å²) in [5.74, 6) is -0.744. The standard InChI is InChI=1S/C19H18N2O5S/c22-18(13-4-2-1-3-5-13)14-8-10-21(11-9-14)27(24,25)15-6-7-16-17(12-15)26-19(23)20-16/h1-7,12,14H,8-11H2,(H,20,23). The molecule has 4 rings (SSSR count). The molecule has 1 aliphatic heterocycles. The van der Waals surface area contributed by atoms with E-state index in [-0.39, 0.29) is 35.3 Å². The number of aromatic amines is 1. The average molecular weight is 386 g/mol. The lowest BCUT2D eigenvalue weighted by Crippen LogP contribution is -2.40. The van der Waals surface area contributed by atoms with E-state index in [0.717, 1.165) is 0 Å². The van der Waals surface area contributed by atoms with Crippen molar-refractivity contribution in [1.29, 1.82) is 0 Å². The van der Waals surface area contributed by atoms with Crippen molar-refractivity contribution in [2.45, 2.75) is 17.7 Å². The van der Waals surface area contributed by atoms with Crippen molar-refractivity contribution in [2.75, 3.05) is 13.1 Å². The van der Waals surface area contributed by atoms with Crippen LogP contribution in [0, 0.1) is 5.92 Å². The fraction of sp³-hybridized carbons (Fsp3) is 0.263. The number of rotatable bonds is 4. The van der Waals surface area contributed by atoms with E-state index in [1.165, 1.54) is 22.5 Å². The highest BCUT2D eigenvalue weighted by molar-refractivity contribution is 7.89. The van der Waals surface area contributed by atoms with Crippen LogP contribution in [0.25, 0.3) is 11.1 Å². The lowest BCUT2D eigenvalue weighted by molar-refractivity contribution is 0.0875. The molecule has 1 saturated heterocycles. The first-order valence-electron chi connectivity index (χ1n) is 8.67. The highest BCUT2D eigenvalue weighted by Gasteiger charge is 2.32. The number of benzene rings is 2. The monoisotopic (exact) mass is 386 g/mol. The third-order valence-electron chi connectivity index (χ3n) is 4.91. The summed E-state index contributed by atoms with van der Waals surface area (Å²) in [6.45, 7) is 0.557. The van der Waals surface area contributed by atoms with Crippen LogP contribution in [0.4, 0.5) is 0 Å². The minimum atomic E-state index is -3.71. The molecule has 8 heteroatoms. The smallest absolute Gasteiger partial charge is 0.408 e. The Hall–Kier alpha value is -2.71. The zero-order valence-corrected chi connectivity index (χ0v) is 15.2. The summed E-state index contributed by atoms with van der Waals surface area (Å²) in [5.41, 5.74) is 1.31. The number of fused-ring (bicyclic) bond motifs is 1. The molecule has 0 saturated carbocycles. The van der Waals surface area contributed by atoms with Gasteiger partial charge in [-0.1, -0.05) is 30.3 Å². The van der Waals surface area contributed by atoms with E-state index >= 15 is 0 Å². The molecule has 1 N–H and O–H groups in total. The van der Waals surface area contributed by atoms with E-state index in [9.17, 15) is 18.0 Å². The van der Waals surface area contributed by atoms with Gasteiger partial charge in [0.1, 0.15) is 0 Å². The highest BCUT2D eigenvalue weighted by atomic mass is 32.2. The predicted molar refractivity (Wildman–Crippen MR) is 99.1 cm³/mol. The third kappa shape index (κ3) is 3.33. The van der Waals surface area contributed by atoms with Crippen LogP contribution in [0.3, 0.4) is 0 Å². The maximum atomic E-state index is 12.9. The van der Waals surface area contributed by atoms with E-state index in [4.69, 9.17) is 4.42 Å². The fourth-order valence-corrected chi connectivity index (χ4v) is 4.92. The Morgan fingerprint density at radius 1 is 1.07 bits per heavy atom. The Morgan fingerprint density at radius 3 is 2.48 bits per heavy atom. The Labute approximate surface area is 155 Å². The predicted octanol–water partition coefficient (Wildman–Crippen LogP) is 2.40. The number of ketones is 1. The summed E-state index contributed by atoms with van der Waals surface area (Å²) in [6.07, 6.45) is 0.961. The van der Waals surface area contributed by atoms with Crippen molar-refractivity contribution < 1.29 is 17.6 Å². The molecule has 0 radical (unpaired) electrons. The molecule has 27 heavy (non-hydrogen) atoms.